The van der Waals surface area contributed by atoms with Gasteiger partial charge >= 0.3 is 0 Å². The summed E-state index contributed by atoms with van der Waals surface area (Å²) in [6, 6.07) is 0. The minimum atomic E-state index is -0.0119. The summed E-state index contributed by atoms with van der Waals surface area (Å²) in [7, 11) is 0. The maximum Gasteiger partial charge on any atom is 0.0667 e. The van der Waals surface area contributed by atoms with Crippen LogP contribution in [0.5, 0.6) is 0 Å². The molecule has 2 atom stereocenters. The van der Waals surface area contributed by atoms with Crippen LogP contribution in [-0.4, -0.2) is 11.2 Å². The standard InChI is InChI=1S/C22H46O/c1-11-15-21(9,17-19(5,6)13-3)23-22(10,16-12-2)18-20(7,8)14-4/h11-18H2,1-10H3. The molecule has 140 valence electrons. The summed E-state index contributed by atoms with van der Waals surface area (Å²) in [5.74, 6) is 0. The lowest BCUT2D eigenvalue weighted by Gasteiger charge is -2.46. The molecule has 0 saturated carbocycles. The number of hydrogen-bond donors (Lipinski definition) is 0. The van der Waals surface area contributed by atoms with E-state index in [-0.39, 0.29) is 11.2 Å². The van der Waals surface area contributed by atoms with Gasteiger partial charge < -0.3 is 4.74 Å². The molecular formula is C22H46O. The maximum atomic E-state index is 6.98. The average Bonchev–Trinajstić information content (AvgIpc) is 2.36. The lowest BCUT2D eigenvalue weighted by molar-refractivity contribution is -0.175. The first-order valence-corrected chi connectivity index (χ1v) is 10.1. The predicted octanol–water partition coefficient (Wildman–Crippen LogP) is 7.77. The maximum absolute atomic E-state index is 6.98. The highest BCUT2D eigenvalue weighted by Crippen LogP contribution is 2.43. The Kier molecular flexibility index (Phi) is 8.87. The second-order valence-corrected chi connectivity index (χ2v) is 9.89. The summed E-state index contributed by atoms with van der Waals surface area (Å²) in [5, 5.41) is 0. The predicted molar refractivity (Wildman–Crippen MR) is 105 cm³/mol. The van der Waals surface area contributed by atoms with E-state index in [1.807, 2.05) is 0 Å². The van der Waals surface area contributed by atoms with Crippen LogP contribution in [0.25, 0.3) is 0 Å². The van der Waals surface area contributed by atoms with Crippen molar-refractivity contribution in [3.8, 4) is 0 Å². The van der Waals surface area contributed by atoms with Crippen LogP contribution in [0.3, 0.4) is 0 Å². The van der Waals surface area contributed by atoms with Crippen molar-refractivity contribution in [1.82, 2.24) is 0 Å². The zero-order chi connectivity index (χ0) is 18.4. The van der Waals surface area contributed by atoms with Crippen LogP contribution in [-0.2, 0) is 4.74 Å². The third kappa shape index (κ3) is 8.57. The molecule has 0 bridgehead atoms. The molecule has 1 nitrogen and oxygen atoms in total. The summed E-state index contributed by atoms with van der Waals surface area (Å²) in [6.45, 7) is 23.4. The van der Waals surface area contributed by atoms with Gasteiger partial charge in [0.15, 0.2) is 0 Å². The van der Waals surface area contributed by atoms with Gasteiger partial charge in [0.1, 0.15) is 0 Å². The van der Waals surface area contributed by atoms with E-state index in [4.69, 9.17) is 4.74 Å². The molecule has 1 heteroatoms. The van der Waals surface area contributed by atoms with Crippen molar-refractivity contribution in [2.45, 2.75) is 132 Å². The van der Waals surface area contributed by atoms with Crippen LogP contribution < -0.4 is 0 Å². The van der Waals surface area contributed by atoms with Gasteiger partial charge in [0.05, 0.1) is 11.2 Å². The molecule has 23 heavy (non-hydrogen) atoms. The Labute approximate surface area is 148 Å². The molecule has 0 saturated heterocycles. The minimum Gasteiger partial charge on any atom is -0.369 e. The molecule has 0 amide bonds. The van der Waals surface area contributed by atoms with Crippen LogP contribution in [0, 0.1) is 10.8 Å². The highest BCUT2D eigenvalue weighted by molar-refractivity contribution is 4.90. The fourth-order valence-electron chi connectivity index (χ4n) is 4.28. The summed E-state index contributed by atoms with van der Waals surface area (Å²) < 4.78 is 6.98. The SMILES string of the molecule is CCCC(C)(CC(C)(C)CC)OC(C)(CCC)CC(C)(C)CC. The van der Waals surface area contributed by atoms with Gasteiger partial charge in [-0.05, 0) is 50.4 Å². The zero-order valence-corrected chi connectivity index (χ0v) is 18.1. The van der Waals surface area contributed by atoms with E-state index in [1.165, 1.54) is 25.7 Å². The molecule has 0 radical (unpaired) electrons. The molecule has 0 fully saturated rings. The molecule has 0 aromatic heterocycles. The fraction of sp³-hybridized carbons (Fsp3) is 1.00. The Balaban J connectivity index is 5.37. The molecule has 0 aromatic rings. The largest absolute Gasteiger partial charge is 0.369 e. The Hall–Kier alpha value is -0.0400. The van der Waals surface area contributed by atoms with Crippen LogP contribution in [0.4, 0.5) is 0 Å². The lowest BCUT2D eigenvalue weighted by atomic mass is 9.74. The molecule has 0 aliphatic rings. The van der Waals surface area contributed by atoms with E-state index >= 15 is 0 Å². The monoisotopic (exact) mass is 326 g/mol. The third-order valence-corrected chi connectivity index (χ3v) is 5.67. The molecule has 0 N–H and O–H groups in total. The zero-order valence-electron chi connectivity index (χ0n) is 18.1. The first-order chi connectivity index (χ1) is 10.4. The average molecular weight is 327 g/mol. The van der Waals surface area contributed by atoms with Crippen LogP contribution in [0.2, 0.25) is 0 Å². The van der Waals surface area contributed by atoms with Gasteiger partial charge in [0.2, 0.25) is 0 Å². The van der Waals surface area contributed by atoms with Gasteiger partial charge in [-0.15, -0.1) is 0 Å². The second kappa shape index (κ2) is 8.88. The molecule has 0 heterocycles. The Morgan fingerprint density at radius 3 is 1.09 bits per heavy atom. The smallest absolute Gasteiger partial charge is 0.0667 e. The van der Waals surface area contributed by atoms with Gasteiger partial charge in [0.25, 0.3) is 0 Å². The molecule has 0 spiro atoms. The quantitative estimate of drug-likeness (QED) is 0.356. The van der Waals surface area contributed by atoms with E-state index in [2.05, 4.69) is 69.2 Å². The van der Waals surface area contributed by atoms with Crippen LogP contribution >= 0.6 is 0 Å². The molecule has 2 unspecified atom stereocenters. The van der Waals surface area contributed by atoms with Crippen molar-refractivity contribution in [3.05, 3.63) is 0 Å². The van der Waals surface area contributed by atoms with Gasteiger partial charge in [-0.2, -0.15) is 0 Å². The summed E-state index contributed by atoms with van der Waals surface area (Å²) in [4.78, 5) is 0. The molecule has 0 rings (SSSR count). The van der Waals surface area contributed by atoms with Gasteiger partial charge in [0, 0.05) is 0 Å². The Bertz CT molecular complexity index is 299. The summed E-state index contributed by atoms with van der Waals surface area (Å²) in [6.07, 6.45) is 9.41. The fourth-order valence-corrected chi connectivity index (χ4v) is 4.28. The second-order valence-electron chi connectivity index (χ2n) is 9.89. The van der Waals surface area contributed by atoms with Crippen molar-refractivity contribution in [1.29, 1.82) is 0 Å². The highest BCUT2D eigenvalue weighted by atomic mass is 16.5. The van der Waals surface area contributed by atoms with Gasteiger partial charge in [-0.1, -0.05) is 81.1 Å². The van der Waals surface area contributed by atoms with Gasteiger partial charge in [-0.3, -0.25) is 0 Å². The topological polar surface area (TPSA) is 9.23 Å². The molecule has 0 aliphatic heterocycles. The van der Waals surface area contributed by atoms with E-state index < -0.39 is 0 Å². The van der Waals surface area contributed by atoms with E-state index in [0.29, 0.717) is 10.8 Å². The first kappa shape index (κ1) is 23.0. The summed E-state index contributed by atoms with van der Waals surface area (Å²) >= 11 is 0. The normalized spacial score (nSPS) is 18.5. The first-order valence-electron chi connectivity index (χ1n) is 10.1. The van der Waals surface area contributed by atoms with Crippen LogP contribution in [0.1, 0.15) is 121 Å². The molecule has 0 aliphatic carbocycles. The molecule has 0 aromatic carbocycles. The Morgan fingerprint density at radius 2 is 0.870 bits per heavy atom. The van der Waals surface area contributed by atoms with Crippen molar-refractivity contribution in [3.63, 3.8) is 0 Å². The Morgan fingerprint density at radius 1 is 0.565 bits per heavy atom. The van der Waals surface area contributed by atoms with Crippen molar-refractivity contribution in [2.24, 2.45) is 10.8 Å². The van der Waals surface area contributed by atoms with Crippen molar-refractivity contribution in [2.75, 3.05) is 0 Å². The van der Waals surface area contributed by atoms with Crippen LogP contribution in [0.15, 0.2) is 0 Å². The third-order valence-electron chi connectivity index (χ3n) is 5.67. The lowest BCUT2D eigenvalue weighted by Crippen LogP contribution is -2.45. The number of rotatable bonds is 12. The summed E-state index contributed by atoms with van der Waals surface area (Å²) in [5.41, 5.74) is 0.665. The highest BCUT2D eigenvalue weighted by Gasteiger charge is 2.40. The van der Waals surface area contributed by atoms with Crippen molar-refractivity contribution >= 4 is 0 Å². The number of hydrogen-bond acceptors (Lipinski definition) is 1. The molecular weight excluding hydrogens is 280 g/mol. The van der Waals surface area contributed by atoms with E-state index in [9.17, 15) is 0 Å². The van der Waals surface area contributed by atoms with Gasteiger partial charge in [-0.25, -0.2) is 0 Å². The van der Waals surface area contributed by atoms with Crippen molar-refractivity contribution < 1.29 is 4.74 Å². The van der Waals surface area contributed by atoms with E-state index in [1.54, 1.807) is 0 Å². The van der Waals surface area contributed by atoms with E-state index in [0.717, 1.165) is 25.7 Å². The number of ether oxygens (including phenoxy) is 1. The minimum absolute atomic E-state index is 0.0119.